The van der Waals surface area contributed by atoms with Crippen molar-refractivity contribution >= 4 is 11.8 Å². The normalized spacial score (nSPS) is 19.8. The Kier molecular flexibility index (Phi) is 3.46. The average molecular weight is 200 g/mol. The average Bonchev–Trinajstić information content (AvgIpc) is 2.20. The highest BCUT2D eigenvalue weighted by molar-refractivity contribution is 5.87. The first kappa shape index (κ1) is 11.0. The van der Waals surface area contributed by atoms with Gasteiger partial charge in [-0.3, -0.25) is 9.59 Å². The molecule has 1 aliphatic rings. The SMILES string of the molecule is COC(C)C(=O)N1CCN(C)C(=O)C1. The predicted octanol–water partition coefficient (Wildman–Crippen LogP) is -0.678. The number of hydrogen-bond donors (Lipinski definition) is 0. The van der Waals surface area contributed by atoms with E-state index in [4.69, 9.17) is 4.74 Å². The fourth-order valence-electron chi connectivity index (χ4n) is 1.30. The minimum Gasteiger partial charge on any atom is -0.372 e. The Balaban J connectivity index is 2.54. The minimum atomic E-state index is -0.466. The first-order valence-corrected chi connectivity index (χ1v) is 4.61. The van der Waals surface area contributed by atoms with Crippen LogP contribution in [0.15, 0.2) is 0 Å². The van der Waals surface area contributed by atoms with Gasteiger partial charge in [0.2, 0.25) is 5.91 Å². The fraction of sp³-hybridized carbons (Fsp3) is 0.778. The maximum absolute atomic E-state index is 11.6. The highest BCUT2D eigenvalue weighted by Gasteiger charge is 2.27. The Morgan fingerprint density at radius 3 is 2.64 bits per heavy atom. The molecule has 1 fully saturated rings. The van der Waals surface area contributed by atoms with Crippen molar-refractivity contribution in [3.05, 3.63) is 0 Å². The lowest BCUT2D eigenvalue weighted by atomic mass is 10.2. The van der Waals surface area contributed by atoms with E-state index in [9.17, 15) is 9.59 Å². The zero-order chi connectivity index (χ0) is 10.7. The lowest BCUT2D eigenvalue weighted by Crippen LogP contribution is -2.52. The van der Waals surface area contributed by atoms with E-state index < -0.39 is 6.10 Å². The second-order valence-corrected chi connectivity index (χ2v) is 3.45. The maximum atomic E-state index is 11.6. The summed E-state index contributed by atoms with van der Waals surface area (Å²) in [5, 5.41) is 0. The van der Waals surface area contributed by atoms with Gasteiger partial charge in [0.05, 0.1) is 6.54 Å². The molecule has 0 saturated carbocycles. The van der Waals surface area contributed by atoms with E-state index in [1.165, 1.54) is 12.0 Å². The molecule has 14 heavy (non-hydrogen) atoms. The van der Waals surface area contributed by atoms with Crippen LogP contribution in [-0.2, 0) is 14.3 Å². The van der Waals surface area contributed by atoms with E-state index in [2.05, 4.69) is 0 Å². The molecule has 1 atom stereocenters. The van der Waals surface area contributed by atoms with Gasteiger partial charge in [0.1, 0.15) is 6.10 Å². The molecular weight excluding hydrogens is 184 g/mol. The third kappa shape index (κ3) is 2.23. The molecule has 0 aliphatic carbocycles. The van der Waals surface area contributed by atoms with Crippen molar-refractivity contribution in [1.82, 2.24) is 9.80 Å². The number of likely N-dealkylation sites (N-methyl/N-ethyl adjacent to an activating group) is 1. The van der Waals surface area contributed by atoms with E-state index in [1.807, 2.05) is 0 Å². The summed E-state index contributed by atoms with van der Waals surface area (Å²) in [6.07, 6.45) is -0.466. The summed E-state index contributed by atoms with van der Waals surface area (Å²) in [6.45, 7) is 3.05. The quantitative estimate of drug-likeness (QED) is 0.593. The molecule has 0 aromatic carbocycles. The van der Waals surface area contributed by atoms with Gasteiger partial charge in [-0.05, 0) is 6.92 Å². The zero-order valence-corrected chi connectivity index (χ0v) is 8.82. The molecule has 5 nitrogen and oxygen atoms in total. The molecule has 0 bridgehead atoms. The molecule has 1 unspecified atom stereocenters. The van der Waals surface area contributed by atoms with E-state index in [0.29, 0.717) is 13.1 Å². The van der Waals surface area contributed by atoms with Gasteiger partial charge in [-0.1, -0.05) is 0 Å². The Labute approximate surface area is 83.6 Å². The van der Waals surface area contributed by atoms with Crippen molar-refractivity contribution in [1.29, 1.82) is 0 Å². The van der Waals surface area contributed by atoms with Gasteiger partial charge >= 0.3 is 0 Å². The van der Waals surface area contributed by atoms with Crippen LogP contribution in [0, 0.1) is 0 Å². The molecule has 0 aromatic heterocycles. The van der Waals surface area contributed by atoms with E-state index >= 15 is 0 Å². The predicted molar refractivity (Wildman–Crippen MR) is 50.7 cm³/mol. The van der Waals surface area contributed by atoms with Crippen molar-refractivity contribution in [3.8, 4) is 0 Å². The van der Waals surface area contributed by atoms with Crippen LogP contribution in [0.4, 0.5) is 0 Å². The Bertz CT molecular complexity index is 242. The van der Waals surface area contributed by atoms with Crippen molar-refractivity contribution in [2.24, 2.45) is 0 Å². The van der Waals surface area contributed by atoms with Crippen LogP contribution >= 0.6 is 0 Å². The molecule has 0 spiro atoms. The summed E-state index contributed by atoms with van der Waals surface area (Å²) in [4.78, 5) is 26.1. The lowest BCUT2D eigenvalue weighted by molar-refractivity contribution is -0.149. The van der Waals surface area contributed by atoms with Gasteiger partial charge in [0.25, 0.3) is 5.91 Å². The van der Waals surface area contributed by atoms with Crippen molar-refractivity contribution < 1.29 is 14.3 Å². The summed E-state index contributed by atoms with van der Waals surface area (Å²) < 4.78 is 4.91. The van der Waals surface area contributed by atoms with Gasteiger partial charge in [-0.25, -0.2) is 0 Å². The topological polar surface area (TPSA) is 49.9 Å². The Morgan fingerprint density at radius 1 is 1.50 bits per heavy atom. The van der Waals surface area contributed by atoms with Gasteiger partial charge in [0.15, 0.2) is 0 Å². The zero-order valence-electron chi connectivity index (χ0n) is 8.82. The summed E-state index contributed by atoms with van der Waals surface area (Å²) >= 11 is 0. The lowest BCUT2D eigenvalue weighted by Gasteiger charge is -2.33. The van der Waals surface area contributed by atoms with E-state index in [-0.39, 0.29) is 18.4 Å². The minimum absolute atomic E-state index is 0.0205. The number of piperazine rings is 1. The van der Waals surface area contributed by atoms with Crippen LogP contribution in [0.3, 0.4) is 0 Å². The third-order valence-corrected chi connectivity index (χ3v) is 2.47. The Hall–Kier alpha value is -1.10. The number of ether oxygens (including phenoxy) is 1. The summed E-state index contributed by atoms with van der Waals surface area (Å²) in [7, 11) is 3.23. The molecule has 1 saturated heterocycles. The maximum Gasteiger partial charge on any atom is 0.251 e. The highest BCUT2D eigenvalue weighted by atomic mass is 16.5. The van der Waals surface area contributed by atoms with Gasteiger partial charge in [-0.15, -0.1) is 0 Å². The number of amides is 2. The standard InChI is InChI=1S/C9H16N2O3/c1-7(14-3)9(13)11-5-4-10(2)8(12)6-11/h7H,4-6H2,1-3H3. The van der Waals surface area contributed by atoms with Gasteiger partial charge < -0.3 is 14.5 Å². The van der Waals surface area contributed by atoms with Gasteiger partial charge in [-0.2, -0.15) is 0 Å². The monoisotopic (exact) mass is 200 g/mol. The number of carbonyl (C=O) groups is 2. The number of methoxy groups -OCH3 is 1. The summed E-state index contributed by atoms with van der Waals surface area (Å²) in [6, 6.07) is 0. The second kappa shape index (κ2) is 4.41. The van der Waals surface area contributed by atoms with Crippen LogP contribution < -0.4 is 0 Å². The molecule has 1 rings (SSSR count). The third-order valence-electron chi connectivity index (χ3n) is 2.47. The Morgan fingerprint density at radius 2 is 2.14 bits per heavy atom. The van der Waals surface area contributed by atoms with Crippen LogP contribution in [0.1, 0.15) is 6.92 Å². The molecule has 1 heterocycles. The number of nitrogens with zero attached hydrogens (tertiary/aromatic N) is 2. The molecular formula is C9H16N2O3. The van der Waals surface area contributed by atoms with Crippen molar-refractivity contribution in [3.63, 3.8) is 0 Å². The molecule has 0 N–H and O–H groups in total. The number of carbonyl (C=O) groups excluding carboxylic acids is 2. The van der Waals surface area contributed by atoms with Crippen LogP contribution in [-0.4, -0.2) is 61.5 Å². The summed E-state index contributed by atoms with van der Waals surface area (Å²) in [5.74, 6) is -0.137. The van der Waals surface area contributed by atoms with Crippen molar-refractivity contribution in [2.75, 3.05) is 33.8 Å². The van der Waals surface area contributed by atoms with Gasteiger partial charge in [0, 0.05) is 27.2 Å². The second-order valence-electron chi connectivity index (χ2n) is 3.45. The highest BCUT2D eigenvalue weighted by Crippen LogP contribution is 2.04. The van der Waals surface area contributed by atoms with Crippen LogP contribution in [0.25, 0.3) is 0 Å². The smallest absolute Gasteiger partial charge is 0.251 e. The largest absolute Gasteiger partial charge is 0.372 e. The van der Waals surface area contributed by atoms with Crippen molar-refractivity contribution in [2.45, 2.75) is 13.0 Å². The van der Waals surface area contributed by atoms with E-state index in [0.717, 1.165) is 0 Å². The fourth-order valence-corrected chi connectivity index (χ4v) is 1.30. The number of hydrogen-bond acceptors (Lipinski definition) is 3. The number of rotatable bonds is 2. The van der Waals surface area contributed by atoms with E-state index in [1.54, 1.807) is 18.9 Å². The van der Waals surface area contributed by atoms with Crippen LogP contribution in [0.5, 0.6) is 0 Å². The molecule has 1 aliphatic heterocycles. The molecule has 5 heteroatoms. The van der Waals surface area contributed by atoms with Crippen LogP contribution in [0.2, 0.25) is 0 Å². The summed E-state index contributed by atoms with van der Waals surface area (Å²) in [5.41, 5.74) is 0. The first-order valence-electron chi connectivity index (χ1n) is 4.61. The molecule has 80 valence electrons. The molecule has 0 radical (unpaired) electrons. The molecule has 2 amide bonds. The molecule has 0 aromatic rings. The first-order chi connectivity index (χ1) is 6.56.